The van der Waals surface area contributed by atoms with E-state index in [-0.39, 0.29) is 30.3 Å². The number of hydrogen-bond donors (Lipinski definition) is 0. The summed E-state index contributed by atoms with van der Waals surface area (Å²) in [5, 5.41) is 0. The predicted octanol–water partition coefficient (Wildman–Crippen LogP) is 6.19. The van der Waals surface area contributed by atoms with E-state index in [2.05, 4.69) is 0 Å². The lowest BCUT2D eigenvalue weighted by Crippen LogP contribution is -2.00. The molecule has 0 amide bonds. The lowest BCUT2D eigenvalue weighted by atomic mass is 10.0. The molecule has 28 heavy (non-hydrogen) atoms. The molecule has 0 heterocycles. The number of hydrogen-bond acceptors (Lipinski definition) is 2. The first-order chi connectivity index (χ1) is 13.5. The molecule has 0 radical (unpaired) electrons. The molecule has 0 aliphatic rings. The Hall–Kier alpha value is -2.79. The summed E-state index contributed by atoms with van der Waals surface area (Å²) >= 11 is 0. The number of rotatable bonds is 7. The standard InChI is InChI=1S/C23H21F3O2/c1-3-27-14-19-10-9-18(12-20(19)24)17-7-5-16(6-8-17)13-28-21-11-4-15(2)22(25)23(21)26/h4-12H,3,13-14H2,1-2H3. The van der Waals surface area contributed by atoms with Crippen molar-refractivity contribution in [2.75, 3.05) is 6.61 Å². The lowest BCUT2D eigenvalue weighted by molar-refractivity contribution is 0.131. The van der Waals surface area contributed by atoms with Crippen LogP contribution in [0.15, 0.2) is 54.6 Å². The Kier molecular flexibility index (Phi) is 6.37. The summed E-state index contributed by atoms with van der Waals surface area (Å²) in [5.74, 6) is -2.32. The van der Waals surface area contributed by atoms with Gasteiger partial charge in [0.05, 0.1) is 6.61 Å². The highest BCUT2D eigenvalue weighted by atomic mass is 19.2. The van der Waals surface area contributed by atoms with Gasteiger partial charge in [-0.2, -0.15) is 4.39 Å². The van der Waals surface area contributed by atoms with Crippen LogP contribution in [0.25, 0.3) is 11.1 Å². The van der Waals surface area contributed by atoms with E-state index in [1.165, 1.54) is 25.1 Å². The largest absolute Gasteiger partial charge is 0.486 e. The van der Waals surface area contributed by atoms with E-state index in [0.717, 1.165) is 16.7 Å². The first-order valence-corrected chi connectivity index (χ1v) is 9.02. The average molecular weight is 386 g/mol. The zero-order valence-corrected chi connectivity index (χ0v) is 15.8. The van der Waals surface area contributed by atoms with Crippen LogP contribution in [-0.2, 0) is 18.0 Å². The number of ether oxygens (including phenoxy) is 2. The molecule has 146 valence electrons. The molecule has 0 aliphatic heterocycles. The van der Waals surface area contributed by atoms with Crippen molar-refractivity contribution in [1.82, 2.24) is 0 Å². The van der Waals surface area contributed by atoms with Crippen LogP contribution in [-0.4, -0.2) is 6.61 Å². The van der Waals surface area contributed by atoms with Crippen LogP contribution in [0.5, 0.6) is 5.75 Å². The molecule has 0 unspecified atom stereocenters. The molecule has 0 bridgehead atoms. The summed E-state index contributed by atoms with van der Waals surface area (Å²) in [4.78, 5) is 0. The van der Waals surface area contributed by atoms with Gasteiger partial charge in [0.1, 0.15) is 12.4 Å². The van der Waals surface area contributed by atoms with Crippen molar-refractivity contribution in [2.45, 2.75) is 27.1 Å². The van der Waals surface area contributed by atoms with Gasteiger partial charge in [0.2, 0.25) is 5.82 Å². The number of halogens is 3. The molecule has 3 rings (SSSR count). The minimum Gasteiger partial charge on any atom is -0.486 e. The maximum atomic E-state index is 14.2. The molecule has 0 aliphatic carbocycles. The van der Waals surface area contributed by atoms with Gasteiger partial charge in [0.15, 0.2) is 11.6 Å². The summed E-state index contributed by atoms with van der Waals surface area (Å²) in [7, 11) is 0. The summed E-state index contributed by atoms with van der Waals surface area (Å²) in [6.07, 6.45) is 0. The molecule has 0 saturated heterocycles. The Morgan fingerprint density at radius 1 is 0.786 bits per heavy atom. The predicted molar refractivity (Wildman–Crippen MR) is 103 cm³/mol. The fraction of sp³-hybridized carbons (Fsp3) is 0.217. The third kappa shape index (κ3) is 4.54. The topological polar surface area (TPSA) is 18.5 Å². The van der Waals surface area contributed by atoms with Crippen molar-refractivity contribution in [3.05, 3.63) is 88.7 Å². The van der Waals surface area contributed by atoms with E-state index in [4.69, 9.17) is 9.47 Å². The second-order valence-corrected chi connectivity index (χ2v) is 6.44. The molecule has 0 aromatic heterocycles. The molecule has 0 saturated carbocycles. The van der Waals surface area contributed by atoms with Crippen molar-refractivity contribution in [2.24, 2.45) is 0 Å². The fourth-order valence-corrected chi connectivity index (χ4v) is 2.75. The maximum Gasteiger partial charge on any atom is 0.200 e. The van der Waals surface area contributed by atoms with Crippen LogP contribution in [0.3, 0.4) is 0 Å². The summed E-state index contributed by atoms with van der Waals surface area (Å²) in [5.41, 5.74) is 3.13. The molecule has 0 fully saturated rings. The highest BCUT2D eigenvalue weighted by Gasteiger charge is 2.12. The van der Waals surface area contributed by atoms with Gasteiger partial charge in [-0.1, -0.05) is 42.5 Å². The molecule has 3 aromatic rings. The van der Waals surface area contributed by atoms with Gasteiger partial charge in [-0.15, -0.1) is 0 Å². The molecule has 0 atom stereocenters. The summed E-state index contributed by atoms with van der Waals surface area (Å²) < 4.78 is 52.3. The van der Waals surface area contributed by atoms with Crippen molar-refractivity contribution in [3.63, 3.8) is 0 Å². The van der Waals surface area contributed by atoms with Gasteiger partial charge in [-0.25, -0.2) is 8.78 Å². The third-order valence-electron chi connectivity index (χ3n) is 4.44. The zero-order chi connectivity index (χ0) is 20.1. The van der Waals surface area contributed by atoms with Crippen LogP contribution in [0, 0.1) is 24.4 Å². The van der Waals surface area contributed by atoms with E-state index < -0.39 is 11.6 Å². The number of benzene rings is 3. The third-order valence-corrected chi connectivity index (χ3v) is 4.44. The normalized spacial score (nSPS) is 10.9. The van der Waals surface area contributed by atoms with Gasteiger partial charge in [-0.05, 0) is 48.2 Å². The molecule has 0 spiro atoms. The summed E-state index contributed by atoms with van der Waals surface area (Å²) in [6, 6.07) is 15.2. The quantitative estimate of drug-likeness (QED) is 0.482. The van der Waals surface area contributed by atoms with Crippen LogP contribution >= 0.6 is 0 Å². The first-order valence-electron chi connectivity index (χ1n) is 9.02. The van der Waals surface area contributed by atoms with Gasteiger partial charge in [0, 0.05) is 12.2 Å². The van der Waals surface area contributed by atoms with E-state index in [9.17, 15) is 13.2 Å². The minimum atomic E-state index is -0.987. The minimum absolute atomic E-state index is 0.0986. The molecular weight excluding hydrogens is 365 g/mol. The van der Waals surface area contributed by atoms with Crippen molar-refractivity contribution >= 4 is 0 Å². The molecule has 0 N–H and O–H groups in total. The highest BCUT2D eigenvalue weighted by molar-refractivity contribution is 5.64. The zero-order valence-electron chi connectivity index (χ0n) is 15.8. The van der Waals surface area contributed by atoms with Crippen molar-refractivity contribution in [1.29, 1.82) is 0 Å². The highest BCUT2D eigenvalue weighted by Crippen LogP contribution is 2.25. The van der Waals surface area contributed by atoms with E-state index >= 15 is 0 Å². The Morgan fingerprint density at radius 2 is 1.50 bits per heavy atom. The molecule has 2 nitrogen and oxygen atoms in total. The Bertz CT molecular complexity index is 953. The van der Waals surface area contributed by atoms with Crippen molar-refractivity contribution in [3.8, 4) is 16.9 Å². The second-order valence-electron chi connectivity index (χ2n) is 6.44. The molecule has 5 heteroatoms. The SMILES string of the molecule is CCOCc1ccc(-c2ccc(COc3ccc(C)c(F)c3F)cc2)cc1F. The van der Waals surface area contributed by atoms with E-state index in [1.807, 2.05) is 37.3 Å². The number of aryl methyl sites for hydroxylation is 1. The lowest BCUT2D eigenvalue weighted by Gasteiger charge is -2.10. The van der Waals surface area contributed by atoms with Crippen LogP contribution in [0.4, 0.5) is 13.2 Å². The van der Waals surface area contributed by atoms with Crippen molar-refractivity contribution < 1.29 is 22.6 Å². The molecule has 3 aromatic carbocycles. The fourth-order valence-electron chi connectivity index (χ4n) is 2.75. The Labute approximate surface area is 162 Å². The van der Waals surface area contributed by atoms with Crippen LogP contribution in [0.1, 0.15) is 23.6 Å². The van der Waals surface area contributed by atoms with Gasteiger partial charge in [-0.3, -0.25) is 0 Å². The average Bonchev–Trinajstić information content (AvgIpc) is 2.71. The smallest absolute Gasteiger partial charge is 0.200 e. The Balaban J connectivity index is 1.68. The van der Waals surface area contributed by atoms with E-state index in [1.54, 1.807) is 6.07 Å². The first kappa shape index (κ1) is 20.0. The van der Waals surface area contributed by atoms with Crippen LogP contribution in [0.2, 0.25) is 0 Å². The molecular formula is C23H21F3O2. The monoisotopic (exact) mass is 386 g/mol. The summed E-state index contributed by atoms with van der Waals surface area (Å²) in [6.45, 7) is 4.23. The van der Waals surface area contributed by atoms with Gasteiger partial charge < -0.3 is 9.47 Å². The van der Waals surface area contributed by atoms with Gasteiger partial charge in [0.25, 0.3) is 0 Å². The van der Waals surface area contributed by atoms with Gasteiger partial charge >= 0.3 is 0 Å². The Morgan fingerprint density at radius 3 is 2.18 bits per heavy atom. The maximum absolute atomic E-state index is 14.2. The second kappa shape index (κ2) is 8.93. The van der Waals surface area contributed by atoms with Crippen LogP contribution < -0.4 is 4.74 Å². The van der Waals surface area contributed by atoms with E-state index in [0.29, 0.717) is 12.2 Å².